The molecule has 0 saturated carbocycles. The zero-order valence-corrected chi connectivity index (χ0v) is 9.45. The maximum atomic E-state index is 11.2. The second-order valence-electron chi connectivity index (χ2n) is 3.58. The number of rotatable bonds is 3. The van der Waals surface area contributed by atoms with Crippen molar-refractivity contribution in [2.24, 2.45) is 9.98 Å². The van der Waals surface area contributed by atoms with Crippen molar-refractivity contribution >= 4 is 40.3 Å². The third-order valence-electron chi connectivity index (χ3n) is 2.51. The molecule has 2 rings (SSSR count). The third kappa shape index (κ3) is 2.30. The minimum absolute atomic E-state index is 0.0962. The van der Waals surface area contributed by atoms with E-state index in [-0.39, 0.29) is 16.9 Å². The number of isocyanates is 2. The molecule has 0 aliphatic heterocycles. The van der Waals surface area contributed by atoms with Crippen molar-refractivity contribution < 1.29 is 19.5 Å². The van der Waals surface area contributed by atoms with Crippen LogP contribution in [0.2, 0.25) is 0 Å². The fourth-order valence-corrected chi connectivity index (χ4v) is 1.82. The van der Waals surface area contributed by atoms with Gasteiger partial charge in [0.15, 0.2) is 0 Å². The molecule has 0 aliphatic rings. The number of carbonyl (C=O) groups is 1. The first-order valence-electron chi connectivity index (χ1n) is 5.13. The van der Waals surface area contributed by atoms with Crippen molar-refractivity contribution in [3.63, 3.8) is 0 Å². The van der Waals surface area contributed by atoms with Crippen LogP contribution in [0.4, 0.5) is 11.4 Å². The predicted molar refractivity (Wildman–Crippen MR) is 66.5 cm³/mol. The molecule has 0 heterocycles. The zero-order valence-electron chi connectivity index (χ0n) is 9.45. The van der Waals surface area contributed by atoms with E-state index >= 15 is 0 Å². The van der Waals surface area contributed by atoms with Crippen LogP contribution in [0.1, 0.15) is 10.4 Å². The van der Waals surface area contributed by atoms with Crippen molar-refractivity contribution in [1.82, 2.24) is 0 Å². The summed E-state index contributed by atoms with van der Waals surface area (Å²) in [6.45, 7) is 0. The highest BCUT2D eigenvalue weighted by Gasteiger charge is 2.13. The van der Waals surface area contributed by atoms with Crippen molar-refractivity contribution in [2.45, 2.75) is 0 Å². The molecule has 0 fully saturated rings. The first kappa shape index (κ1) is 12.4. The Balaban J connectivity index is 2.94. The Bertz CT molecular complexity index is 770. The molecule has 1 N–H and O–H groups in total. The molecular weight excluding hydrogens is 248 g/mol. The van der Waals surface area contributed by atoms with E-state index in [0.717, 1.165) is 0 Å². The van der Waals surface area contributed by atoms with E-state index in [0.29, 0.717) is 10.8 Å². The number of hydrogen-bond acceptors (Lipinski definition) is 5. The van der Waals surface area contributed by atoms with E-state index in [2.05, 4.69) is 9.98 Å². The van der Waals surface area contributed by atoms with E-state index < -0.39 is 5.97 Å². The molecule has 19 heavy (non-hydrogen) atoms. The van der Waals surface area contributed by atoms with Crippen molar-refractivity contribution in [3.8, 4) is 0 Å². The number of aliphatic imine (C=N–C) groups is 2. The SMILES string of the molecule is O=C=Nc1cc(C(=O)O)c2c(N=C=O)cccc2c1. The number of hydrogen-bond donors (Lipinski definition) is 1. The van der Waals surface area contributed by atoms with Crippen LogP contribution in [0.15, 0.2) is 40.3 Å². The molecule has 0 aliphatic carbocycles. The lowest BCUT2D eigenvalue weighted by Crippen LogP contribution is -1.97. The van der Waals surface area contributed by atoms with Crippen LogP contribution in [0.3, 0.4) is 0 Å². The van der Waals surface area contributed by atoms with Gasteiger partial charge in [0.2, 0.25) is 12.2 Å². The van der Waals surface area contributed by atoms with Gasteiger partial charge in [0.1, 0.15) is 0 Å². The molecule has 0 spiro atoms. The van der Waals surface area contributed by atoms with E-state index in [9.17, 15) is 19.5 Å². The first-order chi connectivity index (χ1) is 9.17. The van der Waals surface area contributed by atoms with Gasteiger partial charge in [-0.15, -0.1) is 0 Å². The standard InChI is InChI=1S/C13H6N2O4/c16-6-14-9-4-8-2-1-3-11(15-7-17)12(8)10(5-9)13(18)19/h1-5H,(H,18,19). The van der Waals surface area contributed by atoms with Gasteiger partial charge in [0.25, 0.3) is 0 Å². The number of carbonyl (C=O) groups excluding carboxylic acids is 2. The Morgan fingerprint density at radius 2 is 1.84 bits per heavy atom. The molecule has 0 amide bonds. The highest BCUT2D eigenvalue weighted by atomic mass is 16.4. The van der Waals surface area contributed by atoms with Crippen LogP contribution in [0.25, 0.3) is 10.8 Å². The fourth-order valence-electron chi connectivity index (χ4n) is 1.82. The van der Waals surface area contributed by atoms with Crippen LogP contribution >= 0.6 is 0 Å². The molecule has 92 valence electrons. The smallest absolute Gasteiger partial charge is 0.336 e. The van der Waals surface area contributed by atoms with Crippen LogP contribution in [0, 0.1) is 0 Å². The summed E-state index contributed by atoms with van der Waals surface area (Å²) in [5.74, 6) is -1.21. The van der Waals surface area contributed by atoms with Gasteiger partial charge < -0.3 is 5.11 Å². The molecule has 0 unspecified atom stereocenters. The number of carboxylic acids is 1. The Morgan fingerprint density at radius 1 is 1.11 bits per heavy atom. The van der Waals surface area contributed by atoms with E-state index in [4.69, 9.17) is 0 Å². The van der Waals surface area contributed by atoms with Crippen LogP contribution < -0.4 is 0 Å². The van der Waals surface area contributed by atoms with Gasteiger partial charge in [-0.05, 0) is 23.6 Å². The van der Waals surface area contributed by atoms with Crippen molar-refractivity contribution in [3.05, 3.63) is 35.9 Å². The largest absolute Gasteiger partial charge is 0.478 e. The van der Waals surface area contributed by atoms with E-state index in [1.54, 1.807) is 12.1 Å². The maximum Gasteiger partial charge on any atom is 0.336 e. The average Bonchev–Trinajstić information content (AvgIpc) is 2.38. The summed E-state index contributed by atoms with van der Waals surface area (Å²) < 4.78 is 0. The molecular formula is C13H6N2O4. The number of nitrogens with zero attached hydrogens (tertiary/aromatic N) is 2. The Kier molecular flexibility index (Phi) is 3.30. The summed E-state index contributed by atoms with van der Waals surface area (Å²) in [4.78, 5) is 38.7. The molecule has 6 nitrogen and oxygen atoms in total. The number of aromatic carboxylic acids is 1. The Labute approximate surface area is 106 Å². The summed E-state index contributed by atoms with van der Waals surface area (Å²) in [7, 11) is 0. The lowest BCUT2D eigenvalue weighted by atomic mass is 10.0. The first-order valence-corrected chi connectivity index (χ1v) is 5.13. The molecule has 0 aromatic heterocycles. The summed E-state index contributed by atoms with van der Waals surface area (Å²) in [6.07, 6.45) is 2.73. The van der Waals surface area contributed by atoms with Crippen LogP contribution in [-0.2, 0) is 9.59 Å². The van der Waals surface area contributed by atoms with E-state index in [1.807, 2.05) is 0 Å². The molecule has 2 aromatic rings. The highest BCUT2D eigenvalue weighted by Crippen LogP contribution is 2.32. The van der Waals surface area contributed by atoms with Gasteiger partial charge in [-0.25, -0.2) is 14.4 Å². The van der Waals surface area contributed by atoms with Gasteiger partial charge in [0, 0.05) is 5.39 Å². The summed E-state index contributed by atoms with van der Waals surface area (Å²) >= 11 is 0. The summed E-state index contributed by atoms with van der Waals surface area (Å²) in [6, 6.07) is 7.48. The van der Waals surface area contributed by atoms with Crippen LogP contribution in [-0.4, -0.2) is 23.2 Å². The summed E-state index contributed by atoms with van der Waals surface area (Å²) in [5, 5.41) is 9.99. The van der Waals surface area contributed by atoms with Gasteiger partial charge in [0.05, 0.1) is 16.9 Å². The highest BCUT2D eigenvalue weighted by molar-refractivity contribution is 6.10. The summed E-state index contributed by atoms with van der Waals surface area (Å²) in [5.41, 5.74) is 0.278. The lowest BCUT2D eigenvalue weighted by molar-refractivity contribution is 0.0699. The molecule has 6 heteroatoms. The normalized spacial score (nSPS) is 9.47. The molecule has 0 bridgehead atoms. The number of carboxylic acid groups (broad SMARTS) is 1. The number of fused-ring (bicyclic) bond motifs is 1. The molecule has 2 aromatic carbocycles. The molecule has 0 atom stereocenters. The lowest BCUT2D eigenvalue weighted by Gasteiger charge is -2.06. The minimum Gasteiger partial charge on any atom is -0.478 e. The second kappa shape index (κ2) is 5.06. The van der Waals surface area contributed by atoms with Gasteiger partial charge in [-0.3, -0.25) is 0 Å². The average molecular weight is 254 g/mol. The predicted octanol–water partition coefficient (Wildman–Crippen LogP) is 2.47. The zero-order chi connectivity index (χ0) is 13.8. The van der Waals surface area contributed by atoms with Gasteiger partial charge in [-0.1, -0.05) is 12.1 Å². The second-order valence-corrected chi connectivity index (χ2v) is 3.58. The van der Waals surface area contributed by atoms with Gasteiger partial charge in [-0.2, -0.15) is 9.98 Å². The van der Waals surface area contributed by atoms with Crippen molar-refractivity contribution in [1.29, 1.82) is 0 Å². The van der Waals surface area contributed by atoms with E-state index in [1.165, 1.54) is 30.4 Å². The Hall–Kier alpha value is -3.07. The van der Waals surface area contributed by atoms with Gasteiger partial charge >= 0.3 is 5.97 Å². The Morgan fingerprint density at radius 3 is 2.47 bits per heavy atom. The molecule has 0 saturated heterocycles. The monoisotopic (exact) mass is 254 g/mol. The minimum atomic E-state index is -1.21. The quantitative estimate of drug-likeness (QED) is 0.672. The third-order valence-corrected chi connectivity index (χ3v) is 2.51. The molecule has 0 radical (unpaired) electrons. The number of benzene rings is 2. The van der Waals surface area contributed by atoms with Crippen LogP contribution in [0.5, 0.6) is 0 Å². The van der Waals surface area contributed by atoms with Crippen molar-refractivity contribution in [2.75, 3.05) is 0 Å². The topological polar surface area (TPSA) is 96.2 Å². The maximum absolute atomic E-state index is 11.2. The fraction of sp³-hybridized carbons (Fsp3) is 0.